The van der Waals surface area contributed by atoms with Gasteiger partial charge < -0.3 is 0 Å². The van der Waals surface area contributed by atoms with E-state index in [-0.39, 0.29) is 41.5 Å². The molecule has 3 rings (SSSR count). The summed E-state index contributed by atoms with van der Waals surface area (Å²) >= 11 is -0.269. The third kappa shape index (κ3) is 3.53. The third-order valence-corrected chi connectivity index (χ3v) is 8.75. The molecule has 2 nitrogen and oxygen atoms in total. The Kier molecular flexibility index (Phi) is 5.33. The Morgan fingerprint density at radius 2 is 0.917 bits per heavy atom. The fraction of sp³-hybridized carbons (Fsp3) is 0.100. The summed E-state index contributed by atoms with van der Waals surface area (Å²) in [7, 11) is 0. The Morgan fingerprint density at radius 1 is 0.583 bits per heavy atom. The maximum atomic E-state index is 12.8. The van der Waals surface area contributed by atoms with E-state index in [0.717, 1.165) is 8.92 Å². The van der Waals surface area contributed by atoms with Gasteiger partial charge >= 0.3 is 155 Å². The number of carbonyl (C=O) groups is 2. The van der Waals surface area contributed by atoms with Crippen LogP contribution in [0.15, 0.2) is 80.8 Å². The van der Waals surface area contributed by atoms with E-state index >= 15 is 0 Å². The number of hydrogen-bond acceptors (Lipinski definition) is 2. The molecule has 120 valence electrons. The molecular weight excluding hydrogens is 430 g/mol. The Morgan fingerprint density at radius 3 is 1.25 bits per heavy atom. The van der Waals surface area contributed by atoms with Crippen LogP contribution in [0.3, 0.4) is 0 Å². The SMILES string of the molecule is CC1=C([Se]c2ccccc2)C(=O)C(C)=C([Se]c2ccccc2)C1=O. The quantitative estimate of drug-likeness (QED) is 0.530. The Hall–Kier alpha value is -1.70. The molecule has 0 saturated heterocycles. The predicted octanol–water partition coefficient (Wildman–Crippen LogP) is 1.75. The van der Waals surface area contributed by atoms with E-state index in [9.17, 15) is 9.59 Å². The molecule has 4 heteroatoms. The Balaban J connectivity index is 1.91. The summed E-state index contributed by atoms with van der Waals surface area (Å²) in [5.74, 6) is 0.0903. The summed E-state index contributed by atoms with van der Waals surface area (Å²) in [6, 6.07) is 19.8. The molecular formula is C20H16O2Se2. The minimum atomic E-state index is -0.134. The number of carbonyl (C=O) groups excluding carboxylic acids is 2. The molecule has 0 heterocycles. The molecule has 0 amide bonds. The first-order valence-corrected chi connectivity index (χ1v) is 11.0. The van der Waals surface area contributed by atoms with Crippen molar-refractivity contribution in [1.82, 2.24) is 0 Å². The summed E-state index contributed by atoms with van der Waals surface area (Å²) in [5.41, 5.74) is 1.25. The standard InChI is InChI=1S/C20H16O2Se2/c1-13-17(21)20(24-16-11-7-4-8-12-16)14(2)18(22)19(13)23-15-9-5-3-6-10-15/h3-12H,1-2H3. The summed E-state index contributed by atoms with van der Waals surface area (Å²) < 4.78 is 3.63. The average Bonchev–Trinajstić information content (AvgIpc) is 2.62. The van der Waals surface area contributed by atoms with Crippen LogP contribution >= 0.6 is 0 Å². The zero-order valence-corrected chi connectivity index (χ0v) is 16.8. The molecule has 0 bridgehead atoms. The Bertz CT molecular complexity index is 776. The number of rotatable bonds is 4. The van der Waals surface area contributed by atoms with Gasteiger partial charge in [-0.3, -0.25) is 0 Å². The normalized spacial score (nSPS) is 15.2. The van der Waals surface area contributed by atoms with Gasteiger partial charge in [0.25, 0.3) is 0 Å². The van der Waals surface area contributed by atoms with Crippen molar-refractivity contribution in [3.63, 3.8) is 0 Å². The van der Waals surface area contributed by atoms with Crippen LogP contribution in [0.1, 0.15) is 13.8 Å². The molecule has 0 aliphatic heterocycles. The second-order valence-electron chi connectivity index (χ2n) is 5.40. The number of Topliss-reactive ketones (excluding diaryl/α,β-unsaturated/α-hetero) is 2. The summed E-state index contributed by atoms with van der Waals surface area (Å²) in [4.78, 5) is 25.7. The van der Waals surface area contributed by atoms with Crippen molar-refractivity contribution in [3.05, 3.63) is 80.8 Å². The van der Waals surface area contributed by atoms with Gasteiger partial charge in [0.05, 0.1) is 0 Å². The average molecular weight is 446 g/mol. The van der Waals surface area contributed by atoms with E-state index < -0.39 is 0 Å². The van der Waals surface area contributed by atoms with Gasteiger partial charge in [0.1, 0.15) is 0 Å². The first-order valence-electron chi connectivity index (χ1n) is 7.55. The zero-order valence-electron chi connectivity index (χ0n) is 13.4. The molecule has 0 N–H and O–H groups in total. The molecule has 0 unspecified atom stereocenters. The molecule has 0 aromatic heterocycles. The van der Waals surface area contributed by atoms with E-state index in [1.807, 2.05) is 60.7 Å². The molecule has 0 radical (unpaired) electrons. The van der Waals surface area contributed by atoms with Crippen LogP contribution in [0.25, 0.3) is 0 Å². The van der Waals surface area contributed by atoms with E-state index in [0.29, 0.717) is 20.1 Å². The van der Waals surface area contributed by atoms with E-state index in [1.165, 1.54) is 0 Å². The minimum absolute atomic E-state index is 0.0451. The van der Waals surface area contributed by atoms with E-state index in [1.54, 1.807) is 13.8 Å². The second-order valence-corrected chi connectivity index (χ2v) is 9.94. The topological polar surface area (TPSA) is 34.1 Å². The predicted molar refractivity (Wildman–Crippen MR) is 99.1 cm³/mol. The zero-order chi connectivity index (χ0) is 17.1. The van der Waals surface area contributed by atoms with Crippen LogP contribution in [-0.4, -0.2) is 41.5 Å². The van der Waals surface area contributed by atoms with Gasteiger partial charge in [-0.05, 0) is 0 Å². The van der Waals surface area contributed by atoms with Crippen molar-refractivity contribution >= 4 is 50.4 Å². The van der Waals surface area contributed by atoms with Gasteiger partial charge in [0.2, 0.25) is 0 Å². The van der Waals surface area contributed by atoms with Crippen LogP contribution in [0.4, 0.5) is 0 Å². The third-order valence-electron chi connectivity index (χ3n) is 3.70. The van der Waals surface area contributed by atoms with Gasteiger partial charge in [-0.15, -0.1) is 0 Å². The molecule has 1 aliphatic carbocycles. The van der Waals surface area contributed by atoms with Gasteiger partial charge in [-0.25, -0.2) is 0 Å². The van der Waals surface area contributed by atoms with Crippen LogP contribution in [0, 0.1) is 0 Å². The molecule has 0 spiro atoms. The van der Waals surface area contributed by atoms with Crippen LogP contribution in [0.5, 0.6) is 0 Å². The number of allylic oxidation sites excluding steroid dienone is 4. The van der Waals surface area contributed by atoms with Gasteiger partial charge in [-0.1, -0.05) is 0 Å². The molecule has 2 aromatic carbocycles. The molecule has 1 aliphatic rings. The fourth-order valence-corrected chi connectivity index (χ4v) is 6.63. The number of ketones is 2. The van der Waals surface area contributed by atoms with Crippen LogP contribution < -0.4 is 8.92 Å². The monoisotopic (exact) mass is 448 g/mol. The van der Waals surface area contributed by atoms with Crippen LogP contribution in [-0.2, 0) is 9.59 Å². The van der Waals surface area contributed by atoms with Crippen molar-refractivity contribution < 1.29 is 9.59 Å². The van der Waals surface area contributed by atoms with Crippen molar-refractivity contribution in [3.8, 4) is 0 Å². The van der Waals surface area contributed by atoms with Crippen LogP contribution in [0.2, 0.25) is 0 Å². The van der Waals surface area contributed by atoms with Gasteiger partial charge in [0.15, 0.2) is 0 Å². The fourth-order valence-electron chi connectivity index (χ4n) is 2.35. The van der Waals surface area contributed by atoms with Crippen molar-refractivity contribution in [2.45, 2.75) is 13.8 Å². The number of hydrogen-bond donors (Lipinski definition) is 0. The van der Waals surface area contributed by atoms with Crippen molar-refractivity contribution in [2.75, 3.05) is 0 Å². The van der Waals surface area contributed by atoms with Crippen molar-refractivity contribution in [1.29, 1.82) is 0 Å². The molecule has 0 saturated carbocycles. The molecule has 0 atom stereocenters. The summed E-state index contributed by atoms with van der Waals surface area (Å²) in [6.45, 7) is 3.60. The van der Waals surface area contributed by atoms with Gasteiger partial charge in [-0.2, -0.15) is 0 Å². The first kappa shape index (κ1) is 17.1. The summed E-state index contributed by atoms with van der Waals surface area (Å²) in [6.07, 6.45) is 0. The first-order chi connectivity index (χ1) is 11.6. The van der Waals surface area contributed by atoms with E-state index in [2.05, 4.69) is 0 Å². The van der Waals surface area contributed by atoms with Crippen molar-refractivity contribution in [2.24, 2.45) is 0 Å². The van der Waals surface area contributed by atoms with E-state index in [4.69, 9.17) is 0 Å². The molecule has 24 heavy (non-hydrogen) atoms. The maximum absolute atomic E-state index is 12.8. The van der Waals surface area contributed by atoms with Gasteiger partial charge in [0, 0.05) is 0 Å². The second kappa shape index (κ2) is 7.46. The summed E-state index contributed by atoms with van der Waals surface area (Å²) in [5, 5.41) is 0. The molecule has 0 fully saturated rings. The molecule has 2 aromatic rings. The Labute approximate surface area is 154 Å². The number of benzene rings is 2.